The topological polar surface area (TPSA) is 75.7 Å². The minimum Gasteiger partial charge on any atom is -0.491 e. The fourth-order valence-electron chi connectivity index (χ4n) is 3.63. The fraction of sp³-hybridized carbons (Fsp3) is 0.296. The first-order chi connectivity index (χ1) is 17.5. The first-order valence-corrected chi connectivity index (χ1v) is 13.2. The van der Waals surface area contributed by atoms with Crippen LogP contribution in [0.5, 0.6) is 5.75 Å². The highest BCUT2D eigenvalue weighted by atomic mass is 32.2. The van der Waals surface area contributed by atoms with Gasteiger partial charge in [0.15, 0.2) is 0 Å². The molecular formula is C27H29F3N2O4S. The van der Waals surface area contributed by atoms with Crippen LogP contribution < -0.4 is 14.4 Å². The molecule has 0 atom stereocenters. The molecule has 0 spiro atoms. The Morgan fingerprint density at radius 1 is 0.973 bits per heavy atom. The number of rotatable bonds is 11. The number of hydrogen-bond acceptors (Lipinski definition) is 4. The number of anilines is 1. The van der Waals surface area contributed by atoms with Gasteiger partial charge in [-0.05, 0) is 74.7 Å². The second-order valence-corrected chi connectivity index (χ2v) is 10.5. The molecule has 0 aliphatic carbocycles. The summed E-state index contributed by atoms with van der Waals surface area (Å²) in [6, 6.07) is 18.8. The van der Waals surface area contributed by atoms with Crippen molar-refractivity contribution in [1.29, 1.82) is 0 Å². The van der Waals surface area contributed by atoms with E-state index in [0.717, 1.165) is 29.5 Å². The van der Waals surface area contributed by atoms with E-state index in [2.05, 4.69) is 5.32 Å². The monoisotopic (exact) mass is 534 g/mol. The molecule has 0 aliphatic rings. The van der Waals surface area contributed by atoms with Gasteiger partial charge in [0.25, 0.3) is 10.0 Å². The summed E-state index contributed by atoms with van der Waals surface area (Å²) >= 11 is 0. The summed E-state index contributed by atoms with van der Waals surface area (Å²) in [6.45, 7) is 3.46. The third kappa shape index (κ3) is 7.98. The number of alkyl halides is 3. The zero-order valence-corrected chi connectivity index (χ0v) is 21.4. The maximum Gasteiger partial charge on any atom is 0.416 e. The molecule has 3 aromatic rings. The van der Waals surface area contributed by atoms with Gasteiger partial charge < -0.3 is 10.1 Å². The Morgan fingerprint density at radius 3 is 2.35 bits per heavy atom. The Morgan fingerprint density at radius 2 is 1.68 bits per heavy atom. The van der Waals surface area contributed by atoms with Gasteiger partial charge in [0.05, 0.1) is 22.3 Å². The summed E-state index contributed by atoms with van der Waals surface area (Å²) in [6.07, 6.45) is -3.40. The van der Waals surface area contributed by atoms with E-state index in [1.54, 1.807) is 6.07 Å². The molecule has 0 aliphatic heterocycles. The number of benzene rings is 3. The molecule has 0 saturated heterocycles. The lowest BCUT2D eigenvalue weighted by atomic mass is 10.1. The first kappa shape index (κ1) is 28.0. The average Bonchev–Trinajstić information content (AvgIpc) is 2.85. The third-order valence-electron chi connectivity index (χ3n) is 5.31. The Kier molecular flexibility index (Phi) is 9.20. The molecule has 0 saturated carbocycles. The highest BCUT2D eigenvalue weighted by molar-refractivity contribution is 7.92. The van der Waals surface area contributed by atoms with Crippen molar-refractivity contribution < 1.29 is 31.1 Å². The maximum absolute atomic E-state index is 13.3. The second-order valence-electron chi connectivity index (χ2n) is 8.64. The van der Waals surface area contributed by atoms with E-state index < -0.39 is 34.2 Å². The summed E-state index contributed by atoms with van der Waals surface area (Å²) in [4.78, 5) is 12.6. The second kappa shape index (κ2) is 12.1. The number of sulfonamides is 1. The van der Waals surface area contributed by atoms with E-state index in [1.807, 2.05) is 38.1 Å². The van der Waals surface area contributed by atoms with Crippen LogP contribution in [0.15, 0.2) is 83.8 Å². The predicted molar refractivity (Wildman–Crippen MR) is 136 cm³/mol. The van der Waals surface area contributed by atoms with E-state index in [-0.39, 0.29) is 23.2 Å². The third-order valence-corrected chi connectivity index (χ3v) is 7.10. The van der Waals surface area contributed by atoms with Crippen LogP contribution in [0.4, 0.5) is 18.9 Å². The number of carbonyl (C=O) groups excluding carboxylic acids is 1. The van der Waals surface area contributed by atoms with Crippen molar-refractivity contribution in [3.05, 3.63) is 90.0 Å². The zero-order chi connectivity index (χ0) is 27.1. The molecule has 1 N–H and O–H groups in total. The SMILES string of the molecule is CC(C)Oc1cccc(CCCNC(=O)CN(c2cccc(C(F)(F)F)c2)S(=O)(=O)c2ccccc2)c1. The van der Waals surface area contributed by atoms with Crippen molar-refractivity contribution >= 4 is 21.6 Å². The van der Waals surface area contributed by atoms with Crippen LogP contribution in [0.1, 0.15) is 31.4 Å². The Bertz CT molecular complexity index is 1300. The van der Waals surface area contributed by atoms with Crippen molar-refractivity contribution in [1.82, 2.24) is 5.32 Å². The molecule has 198 valence electrons. The Balaban J connectivity index is 1.71. The lowest BCUT2D eigenvalue weighted by Gasteiger charge is -2.25. The standard InChI is InChI=1S/C27H29F3N2O4S/c1-20(2)36-24-13-6-9-21(17-24)10-8-16-31-26(33)19-32(37(34,35)25-14-4-3-5-15-25)23-12-7-11-22(18-23)27(28,29)30/h3-7,9,11-15,17-18,20H,8,10,16,19H2,1-2H3,(H,31,33). The van der Waals surface area contributed by atoms with Gasteiger partial charge in [-0.1, -0.05) is 36.4 Å². The van der Waals surface area contributed by atoms with E-state index in [9.17, 15) is 26.4 Å². The molecule has 0 heterocycles. The average molecular weight is 535 g/mol. The van der Waals surface area contributed by atoms with Gasteiger partial charge in [-0.2, -0.15) is 13.2 Å². The van der Waals surface area contributed by atoms with Gasteiger partial charge in [-0.3, -0.25) is 9.10 Å². The number of amides is 1. The minimum absolute atomic E-state index is 0.0430. The maximum atomic E-state index is 13.3. The quantitative estimate of drug-likeness (QED) is 0.333. The predicted octanol–water partition coefficient (Wildman–Crippen LogP) is 5.44. The molecule has 1 amide bonds. The first-order valence-electron chi connectivity index (χ1n) is 11.7. The smallest absolute Gasteiger partial charge is 0.416 e. The summed E-state index contributed by atoms with van der Waals surface area (Å²) in [5.74, 6) is 0.119. The van der Waals surface area contributed by atoms with Crippen LogP contribution in [-0.4, -0.2) is 33.5 Å². The fourth-order valence-corrected chi connectivity index (χ4v) is 5.06. The molecule has 37 heavy (non-hydrogen) atoms. The molecule has 0 aromatic heterocycles. The van der Waals surface area contributed by atoms with Crippen LogP contribution in [0.25, 0.3) is 0 Å². The molecule has 0 fully saturated rings. The number of carbonyl (C=O) groups is 1. The van der Waals surface area contributed by atoms with E-state index >= 15 is 0 Å². The molecule has 3 aromatic carbocycles. The summed E-state index contributed by atoms with van der Waals surface area (Å²) in [7, 11) is -4.31. The molecule has 0 radical (unpaired) electrons. The molecule has 3 rings (SSSR count). The Hall–Kier alpha value is -3.53. The number of hydrogen-bond donors (Lipinski definition) is 1. The molecule has 6 nitrogen and oxygen atoms in total. The number of halogens is 3. The number of ether oxygens (including phenoxy) is 1. The lowest BCUT2D eigenvalue weighted by molar-refractivity contribution is -0.137. The minimum atomic E-state index is -4.67. The van der Waals surface area contributed by atoms with Crippen LogP contribution >= 0.6 is 0 Å². The summed E-state index contributed by atoms with van der Waals surface area (Å²) in [5.41, 5.74) is -0.247. The molecule has 0 bridgehead atoms. The molecule has 10 heteroatoms. The largest absolute Gasteiger partial charge is 0.491 e. The van der Waals surface area contributed by atoms with Crippen LogP contribution in [0.3, 0.4) is 0 Å². The number of nitrogens with one attached hydrogen (secondary N) is 1. The highest BCUT2D eigenvalue weighted by Gasteiger charge is 2.33. The summed E-state index contributed by atoms with van der Waals surface area (Å²) < 4.78 is 72.9. The van der Waals surface area contributed by atoms with Gasteiger partial charge in [0.2, 0.25) is 5.91 Å². The normalized spacial score (nSPS) is 11.8. The van der Waals surface area contributed by atoms with E-state index in [0.29, 0.717) is 17.1 Å². The van der Waals surface area contributed by atoms with E-state index in [4.69, 9.17) is 4.74 Å². The van der Waals surface area contributed by atoms with E-state index in [1.165, 1.54) is 30.3 Å². The van der Waals surface area contributed by atoms with Crippen molar-refractivity contribution in [2.24, 2.45) is 0 Å². The van der Waals surface area contributed by atoms with Gasteiger partial charge in [-0.25, -0.2) is 8.42 Å². The van der Waals surface area contributed by atoms with Gasteiger partial charge in [-0.15, -0.1) is 0 Å². The van der Waals surface area contributed by atoms with Crippen molar-refractivity contribution in [2.45, 2.75) is 43.9 Å². The van der Waals surface area contributed by atoms with Crippen LogP contribution in [0, 0.1) is 0 Å². The Labute approximate surface area is 215 Å². The van der Waals surface area contributed by atoms with Crippen molar-refractivity contribution in [2.75, 3.05) is 17.4 Å². The van der Waals surface area contributed by atoms with Crippen molar-refractivity contribution in [3.8, 4) is 5.75 Å². The highest BCUT2D eigenvalue weighted by Crippen LogP contribution is 2.33. The molecule has 0 unspecified atom stereocenters. The van der Waals surface area contributed by atoms with Gasteiger partial charge >= 0.3 is 6.18 Å². The lowest BCUT2D eigenvalue weighted by Crippen LogP contribution is -2.41. The summed E-state index contributed by atoms with van der Waals surface area (Å²) in [5, 5.41) is 2.67. The zero-order valence-electron chi connectivity index (χ0n) is 20.5. The molecular weight excluding hydrogens is 505 g/mol. The van der Waals surface area contributed by atoms with Crippen LogP contribution in [-0.2, 0) is 27.4 Å². The van der Waals surface area contributed by atoms with Crippen LogP contribution in [0.2, 0.25) is 0 Å². The van der Waals surface area contributed by atoms with Gasteiger partial charge in [0, 0.05) is 6.54 Å². The van der Waals surface area contributed by atoms with Crippen molar-refractivity contribution in [3.63, 3.8) is 0 Å². The number of nitrogens with zero attached hydrogens (tertiary/aromatic N) is 1. The van der Waals surface area contributed by atoms with Gasteiger partial charge in [0.1, 0.15) is 12.3 Å². The number of aryl methyl sites for hydroxylation is 1.